The predicted molar refractivity (Wildman–Crippen MR) is 78.0 cm³/mol. The Morgan fingerprint density at radius 3 is 2.30 bits per heavy atom. The van der Waals surface area contributed by atoms with Crippen LogP contribution in [0.3, 0.4) is 0 Å². The van der Waals surface area contributed by atoms with Crippen molar-refractivity contribution in [3.8, 4) is 0 Å². The smallest absolute Gasteiger partial charge is 0.0753 e. The molecule has 0 amide bonds. The van der Waals surface area contributed by atoms with Crippen molar-refractivity contribution in [2.75, 3.05) is 7.05 Å². The molecule has 1 heterocycles. The molecule has 20 heavy (non-hydrogen) atoms. The molecule has 1 aromatic heterocycles. The van der Waals surface area contributed by atoms with Gasteiger partial charge in [-0.2, -0.15) is 0 Å². The topological polar surface area (TPSA) is 42.7 Å². The van der Waals surface area contributed by atoms with Crippen molar-refractivity contribution < 1.29 is 0 Å². The van der Waals surface area contributed by atoms with Crippen LogP contribution < -0.4 is 5.32 Å². The van der Waals surface area contributed by atoms with Gasteiger partial charge in [0.05, 0.1) is 17.9 Å². The van der Waals surface area contributed by atoms with Gasteiger partial charge in [0.1, 0.15) is 0 Å². The van der Waals surface area contributed by atoms with Crippen molar-refractivity contribution in [3.63, 3.8) is 0 Å². The van der Waals surface area contributed by atoms with Crippen LogP contribution in [-0.2, 0) is 7.05 Å². The molecule has 1 N–H and O–H groups in total. The maximum absolute atomic E-state index is 4.11. The van der Waals surface area contributed by atoms with E-state index in [0.717, 1.165) is 17.8 Å². The average Bonchev–Trinajstić information content (AvgIpc) is 2.80. The summed E-state index contributed by atoms with van der Waals surface area (Å²) in [5.74, 6) is 3.09. The number of rotatable bonds is 4. The third-order valence-electron chi connectivity index (χ3n) is 6.26. The van der Waals surface area contributed by atoms with Crippen LogP contribution >= 0.6 is 0 Å². The van der Waals surface area contributed by atoms with Crippen molar-refractivity contribution >= 4 is 0 Å². The first-order valence-electron chi connectivity index (χ1n) is 8.19. The lowest BCUT2D eigenvalue weighted by Crippen LogP contribution is -2.47. The van der Waals surface area contributed by atoms with E-state index in [4.69, 9.17) is 0 Å². The lowest BCUT2D eigenvalue weighted by Gasteiger charge is -2.57. The van der Waals surface area contributed by atoms with Gasteiger partial charge in [-0.25, -0.2) is 0 Å². The van der Waals surface area contributed by atoms with Crippen LogP contribution in [0.2, 0.25) is 0 Å². The van der Waals surface area contributed by atoms with E-state index < -0.39 is 0 Å². The lowest BCUT2D eigenvalue weighted by molar-refractivity contribution is -0.0622. The predicted octanol–water partition coefficient (Wildman–Crippen LogP) is 2.68. The zero-order chi connectivity index (χ0) is 13.7. The number of hydrogen-bond acceptors (Lipinski definition) is 3. The summed E-state index contributed by atoms with van der Waals surface area (Å²) in [4.78, 5) is 0. The highest BCUT2D eigenvalue weighted by Gasteiger charge is 2.51. The molecule has 4 bridgehead atoms. The lowest BCUT2D eigenvalue weighted by atomic mass is 9.48. The summed E-state index contributed by atoms with van der Waals surface area (Å²) in [6, 6.07) is 0.409. The van der Waals surface area contributed by atoms with E-state index in [1.165, 1.54) is 50.6 Å². The van der Waals surface area contributed by atoms with Gasteiger partial charge in [-0.05, 0) is 75.2 Å². The molecular formula is C16H26N4. The van der Waals surface area contributed by atoms with E-state index in [-0.39, 0.29) is 0 Å². The molecule has 1 aromatic rings. The van der Waals surface area contributed by atoms with Gasteiger partial charge in [-0.15, -0.1) is 5.10 Å². The van der Waals surface area contributed by atoms with E-state index in [1.54, 1.807) is 0 Å². The Kier molecular flexibility index (Phi) is 2.92. The molecule has 0 radical (unpaired) electrons. The average molecular weight is 274 g/mol. The zero-order valence-electron chi connectivity index (χ0n) is 12.7. The summed E-state index contributed by atoms with van der Waals surface area (Å²) < 4.78 is 1.93. The first kappa shape index (κ1) is 12.8. The van der Waals surface area contributed by atoms with Crippen molar-refractivity contribution in [2.24, 2.45) is 30.2 Å². The third kappa shape index (κ3) is 2.00. The molecule has 1 unspecified atom stereocenters. The van der Waals surface area contributed by atoms with Crippen LogP contribution in [0.1, 0.15) is 56.7 Å². The number of hydrogen-bond donors (Lipinski definition) is 1. The molecule has 0 aromatic carbocycles. The summed E-state index contributed by atoms with van der Waals surface area (Å²) in [5, 5.41) is 11.7. The second-order valence-corrected chi connectivity index (χ2v) is 7.75. The van der Waals surface area contributed by atoms with Gasteiger partial charge in [0, 0.05) is 7.05 Å². The van der Waals surface area contributed by atoms with Gasteiger partial charge in [-0.3, -0.25) is 4.68 Å². The van der Waals surface area contributed by atoms with E-state index in [9.17, 15) is 0 Å². The number of nitrogens with zero attached hydrogens (tertiary/aromatic N) is 3. The quantitative estimate of drug-likeness (QED) is 0.918. The molecule has 0 saturated heterocycles. The maximum atomic E-state index is 4.11. The van der Waals surface area contributed by atoms with Crippen molar-refractivity contribution in [3.05, 3.63) is 11.9 Å². The summed E-state index contributed by atoms with van der Waals surface area (Å²) in [5.41, 5.74) is 1.84. The minimum absolute atomic E-state index is 0.409. The minimum Gasteiger partial charge on any atom is -0.312 e. The largest absolute Gasteiger partial charge is 0.312 e. The SMILES string of the molecule is CNC(CC12CC3CC(CC(C3)C1)C2)c1cnnn1C. The summed E-state index contributed by atoms with van der Waals surface area (Å²) >= 11 is 0. The molecule has 0 aliphatic heterocycles. The highest BCUT2D eigenvalue weighted by Crippen LogP contribution is 2.62. The van der Waals surface area contributed by atoms with E-state index in [2.05, 4.69) is 22.7 Å². The van der Waals surface area contributed by atoms with Gasteiger partial charge < -0.3 is 5.32 Å². The maximum Gasteiger partial charge on any atom is 0.0753 e. The first-order chi connectivity index (χ1) is 9.67. The standard InChI is InChI=1S/C16H26N4/c1-17-14(15-10-18-19-20(15)2)9-16-6-11-3-12(7-16)5-13(4-11)8-16/h10-14,17H,3-9H2,1-2H3. The van der Waals surface area contributed by atoms with E-state index >= 15 is 0 Å². The van der Waals surface area contributed by atoms with Gasteiger partial charge in [0.25, 0.3) is 0 Å². The number of aromatic nitrogens is 3. The molecule has 4 nitrogen and oxygen atoms in total. The minimum atomic E-state index is 0.409. The Bertz CT molecular complexity index is 457. The van der Waals surface area contributed by atoms with Crippen LogP contribution in [0.15, 0.2) is 6.20 Å². The summed E-state index contributed by atoms with van der Waals surface area (Å²) in [6.45, 7) is 0. The summed E-state index contributed by atoms with van der Waals surface area (Å²) in [6.07, 6.45) is 12.2. The van der Waals surface area contributed by atoms with Crippen LogP contribution in [0.5, 0.6) is 0 Å². The number of aryl methyl sites for hydroxylation is 1. The summed E-state index contributed by atoms with van der Waals surface area (Å²) in [7, 11) is 4.09. The first-order valence-corrected chi connectivity index (χ1v) is 8.19. The van der Waals surface area contributed by atoms with Crippen LogP contribution in [0, 0.1) is 23.2 Å². The normalized spacial score (nSPS) is 40.2. The highest BCUT2D eigenvalue weighted by atomic mass is 15.4. The van der Waals surface area contributed by atoms with Crippen molar-refractivity contribution in [1.29, 1.82) is 0 Å². The number of nitrogens with one attached hydrogen (secondary N) is 1. The fourth-order valence-electron chi connectivity index (χ4n) is 5.94. The Labute approximate surface area is 121 Å². The molecule has 1 atom stereocenters. The Morgan fingerprint density at radius 2 is 1.85 bits per heavy atom. The zero-order valence-corrected chi connectivity index (χ0v) is 12.7. The van der Waals surface area contributed by atoms with Gasteiger partial charge in [-0.1, -0.05) is 5.21 Å². The van der Waals surface area contributed by atoms with E-state index in [0.29, 0.717) is 11.5 Å². The van der Waals surface area contributed by atoms with Gasteiger partial charge in [0.2, 0.25) is 0 Å². The Balaban J connectivity index is 1.57. The monoisotopic (exact) mass is 274 g/mol. The Morgan fingerprint density at radius 1 is 1.25 bits per heavy atom. The molecule has 110 valence electrons. The third-order valence-corrected chi connectivity index (χ3v) is 6.26. The molecular weight excluding hydrogens is 248 g/mol. The molecule has 4 saturated carbocycles. The van der Waals surface area contributed by atoms with Gasteiger partial charge in [0.15, 0.2) is 0 Å². The molecule has 0 spiro atoms. The second kappa shape index (κ2) is 4.55. The molecule has 5 rings (SSSR count). The molecule has 4 fully saturated rings. The highest BCUT2D eigenvalue weighted by molar-refractivity contribution is 5.08. The second-order valence-electron chi connectivity index (χ2n) is 7.75. The molecule has 4 aliphatic carbocycles. The molecule has 4 aliphatic rings. The van der Waals surface area contributed by atoms with Crippen LogP contribution in [0.25, 0.3) is 0 Å². The van der Waals surface area contributed by atoms with Gasteiger partial charge >= 0.3 is 0 Å². The molecule has 4 heteroatoms. The van der Waals surface area contributed by atoms with Crippen LogP contribution in [0.4, 0.5) is 0 Å². The van der Waals surface area contributed by atoms with Crippen molar-refractivity contribution in [2.45, 2.75) is 51.0 Å². The fraction of sp³-hybridized carbons (Fsp3) is 0.875. The van der Waals surface area contributed by atoms with Crippen molar-refractivity contribution in [1.82, 2.24) is 20.3 Å². The van der Waals surface area contributed by atoms with Crippen LogP contribution in [-0.4, -0.2) is 22.0 Å². The van der Waals surface area contributed by atoms with E-state index in [1.807, 2.05) is 17.9 Å². The Hall–Kier alpha value is -0.900. The fourth-order valence-corrected chi connectivity index (χ4v) is 5.94.